The molecule has 0 amide bonds. The Kier molecular flexibility index (Phi) is 4.00. The molecule has 1 rings (SSSR count). The summed E-state index contributed by atoms with van der Waals surface area (Å²) in [5.74, 6) is 1.03. The third kappa shape index (κ3) is 2.27. The van der Waals surface area contributed by atoms with Crippen molar-refractivity contribution in [3.63, 3.8) is 0 Å². The predicted octanol–water partition coefficient (Wildman–Crippen LogP) is 3.03. The van der Waals surface area contributed by atoms with E-state index in [1.54, 1.807) is 7.11 Å². The van der Waals surface area contributed by atoms with Gasteiger partial charge >= 0.3 is 0 Å². The first-order valence-corrected chi connectivity index (χ1v) is 5.44. The maximum absolute atomic E-state index is 6.21. The zero-order valence-corrected chi connectivity index (χ0v) is 10.5. The van der Waals surface area contributed by atoms with Gasteiger partial charge in [-0.05, 0) is 37.4 Å². The smallest absolute Gasteiger partial charge is 0.141 e. The number of benzene rings is 1. The third-order valence-corrected chi connectivity index (χ3v) is 3.17. The van der Waals surface area contributed by atoms with Gasteiger partial charge in [0.15, 0.2) is 0 Å². The van der Waals surface area contributed by atoms with Crippen LogP contribution in [0.3, 0.4) is 0 Å². The van der Waals surface area contributed by atoms with Crippen LogP contribution in [-0.4, -0.2) is 13.7 Å². The standard InChI is InChI=1S/C12H18ClNO/c1-7-5-8(2)11(13)12(15-4)10(7)9(3)6-14/h5,9H,6,14H2,1-4H3. The van der Waals surface area contributed by atoms with Crippen LogP contribution in [0.2, 0.25) is 5.02 Å². The molecule has 0 heterocycles. The second kappa shape index (κ2) is 4.86. The highest BCUT2D eigenvalue weighted by Gasteiger charge is 2.17. The fraction of sp³-hybridized carbons (Fsp3) is 0.500. The summed E-state index contributed by atoms with van der Waals surface area (Å²) in [6.45, 7) is 6.72. The van der Waals surface area contributed by atoms with Gasteiger partial charge in [0.25, 0.3) is 0 Å². The molecule has 0 fully saturated rings. The summed E-state index contributed by atoms with van der Waals surface area (Å²) < 4.78 is 5.37. The lowest BCUT2D eigenvalue weighted by Gasteiger charge is -2.19. The topological polar surface area (TPSA) is 35.2 Å². The normalized spacial score (nSPS) is 12.7. The van der Waals surface area contributed by atoms with Gasteiger partial charge in [-0.25, -0.2) is 0 Å². The van der Waals surface area contributed by atoms with E-state index in [-0.39, 0.29) is 5.92 Å². The molecule has 1 unspecified atom stereocenters. The Hall–Kier alpha value is -0.730. The van der Waals surface area contributed by atoms with Crippen LogP contribution in [0.1, 0.15) is 29.5 Å². The number of rotatable bonds is 3. The largest absolute Gasteiger partial charge is 0.495 e. The van der Waals surface area contributed by atoms with Gasteiger partial charge in [0.1, 0.15) is 5.75 Å². The molecule has 0 bridgehead atoms. The summed E-state index contributed by atoms with van der Waals surface area (Å²) in [4.78, 5) is 0. The third-order valence-electron chi connectivity index (χ3n) is 2.70. The van der Waals surface area contributed by atoms with Gasteiger partial charge in [-0.2, -0.15) is 0 Å². The summed E-state index contributed by atoms with van der Waals surface area (Å²) in [5, 5.41) is 0.693. The van der Waals surface area contributed by atoms with Crippen LogP contribution in [0.5, 0.6) is 5.75 Å². The van der Waals surface area contributed by atoms with E-state index in [1.807, 2.05) is 6.92 Å². The van der Waals surface area contributed by atoms with Crippen molar-refractivity contribution in [1.82, 2.24) is 0 Å². The average molecular weight is 228 g/mol. The fourth-order valence-corrected chi connectivity index (χ4v) is 2.11. The number of ether oxygens (including phenoxy) is 1. The number of halogens is 1. The van der Waals surface area contributed by atoms with Crippen LogP contribution < -0.4 is 10.5 Å². The molecule has 0 aliphatic heterocycles. The maximum atomic E-state index is 6.21. The minimum atomic E-state index is 0.262. The zero-order chi connectivity index (χ0) is 11.6. The number of nitrogens with two attached hydrogens (primary N) is 1. The monoisotopic (exact) mass is 227 g/mol. The van der Waals surface area contributed by atoms with Crippen LogP contribution >= 0.6 is 11.6 Å². The maximum Gasteiger partial charge on any atom is 0.141 e. The first-order chi connectivity index (χ1) is 7.02. The second-order valence-electron chi connectivity index (χ2n) is 3.91. The second-order valence-corrected chi connectivity index (χ2v) is 4.29. The summed E-state index contributed by atoms with van der Waals surface area (Å²) in [6.07, 6.45) is 0. The number of methoxy groups -OCH3 is 1. The summed E-state index contributed by atoms with van der Waals surface area (Å²) in [7, 11) is 1.65. The quantitative estimate of drug-likeness (QED) is 0.862. The lowest BCUT2D eigenvalue weighted by atomic mass is 9.94. The van der Waals surface area contributed by atoms with Gasteiger partial charge in [-0.15, -0.1) is 0 Å². The highest BCUT2D eigenvalue weighted by atomic mass is 35.5. The van der Waals surface area contributed by atoms with Gasteiger partial charge in [0.05, 0.1) is 12.1 Å². The molecule has 0 radical (unpaired) electrons. The Morgan fingerprint density at radius 3 is 2.47 bits per heavy atom. The highest BCUT2D eigenvalue weighted by molar-refractivity contribution is 6.33. The van der Waals surface area contributed by atoms with Crippen molar-refractivity contribution in [1.29, 1.82) is 0 Å². The Bertz CT molecular complexity index is 363. The molecule has 0 aliphatic carbocycles. The predicted molar refractivity (Wildman–Crippen MR) is 64.9 cm³/mol. The molecule has 3 heteroatoms. The van der Waals surface area contributed by atoms with Crippen LogP contribution in [0.15, 0.2) is 6.07 Å². The Labute approximate surface area is 96.4 Å². The minimum Gasteiger partial charge on any atom is -0.495 e. The van der Waals surface area contributed by atoms with E-state index in [4.69, 9.17) is 22.1 Å². The van der Waals surface area contributed by atoms with Crippen molar-refractivity contribution in [2.45, 2.75) is 26.7 Å². The van der Waals surface area contributed by atoms with Gasteiger partial charge in [-0.3, -0.25) is 0 Å². The van der Waals surface area contributed by atoms with Gasteiger partial charge < -0.3 is 10.5 Å². The minimum absolute atomic E-state index is 0.262. The van der Waals surface area contributed by atoms with Crippen LogP contribution in [0, 0.1) is 13.8 Å². The number of hydrogen-bond donors (Lipinski definition) is 1. The Morgan fingerprint density at radius 2 is 2.00 bits per heavy atom. The first-order valence-electron chi connectivity index (χ1n) is 5.06. The van der Waals surface area contributed by atoms with Crippen LogP contribution in [0.4, 0.5) is 0 Å². The molecule has 15 heavy (non-hydrogen) atoms. The van der Waals surface area contributed by atoms with E-state index < -0.39 is 0 Å². The molecule has 0 saturated carbocycles. The summed E-state index contributed by atoms with van der Waals surface area (Å²) >= 11 is 6.21. The van der Waals surface area contributed by atoms with Gasteiger partial charge in [0, 0.05) is 5.56 Å². The van der Waals surface area contributed by atoms with Crippen molar-refractivity contribution in [3.05, 3.63) is 27.8 Å². The SMILES string of the molecule is COc1c(Cl)c(C)cc(C)c1C(C)CN. The van der Waals surface area contributed by atoms with Crippen molar-refractivity contribution >= 4 is 11.6 Å². The summed E-state index contributed by atoms with van der Waals surface area (Å²) in [5.41, 5.74) is 9.03. The molecular formula is C12H18ClNO. The van der Waals surface area contributed by atoms with Gasteiger partial charge in [0.2, 0.25) is 0 Å². The van der Waals surface area contributed by atoms with E-state index in [0.29, 0.717) is 11.6 Å². The van der Waals surface area contributed by atoms with Crippen molar-refractivity contribution in [2.24, 2.45) is 5.73 Å². The van der Waals surface area contributed by atoms with Crippen molar-refractivity contribution < 1.29 is 4.74 Å². The van der Waals surface area contributed by atoms with E-state index in [9.17, 15) is 0 Å². The first kappa shape index (κ1) is 12.3. The Morgan fingerprint density at radius 1 is 1.40 bits per heavy atom. The van der Waals surface area contributed by atoms with Crippen molar-refractivity contribution in [2.75, 3.05) is 13.7 Å². The molecule has 0 saturated heterocycles. The fourth-order valence-electron chi connectivity index (χ4n) is 1.87. The van der Waals surface area contributed by atoms with Crippen molar-refractivity contribution in [3.8, 4) is 5.75 Å². The van der Waals surface area contributed by atoms with E-state index >= 15 is 0 Å². The van der Waals surface area contributed by atoms with E-state index in [0.717, 1.165) is 16.9 Å². The number of hydrogen-bond acceptors (Lipinski definition) is 2. The van der Waals surface area contributed by atoms with E-state index in [2.05, 4.69) is 19.9 Å². The van der Waals surface area contributed by atoms with E-state index in [1.165, 1.54) is 5.56 Å². The van der Waals surface area contributed by atoms with Crippen LogP contribution in [-0.2, 0) is 0 Å². The highest BCUT2D eigenvalue weighted by Crippen LogP contribution is 2.37. The van der Waals surface area contributed by atoms with Gasteiger partial charge in [-0.1, -0.05) is 24.6 Å². The molecule has 2 nitrogen and oxygen atoms in total. The molecule has 1 aromatic carbocycles. The molecule has 0 aromatic heterocycles. The average Bonchev–Trinajstić information content (AvgIpc) is 2.21. The molecule has 1 atom stereocenters. The zero-order valence-electron chi connectivity index (χ0n) is 9.73. The molecule has 1 aromatic rings. The molecule has 0 spiro atoms. The molecular weight excluding hydrogens is 210 g/mol. The lowest BCUT2D eigenvalue weighted by Crippen LogP contribution is -2.12. The lowest BCUT2D eigenvalue weighted by molar-refractivity contribution is 0.406. The molecule has 84 valence electrons. The van der Waals surface area contributed by atoms with Crippen LogP contribution in [0.25, 0.3) is 0 Å². The molecule has 0 aliphatic rings. The molecule has 2 N–H and O–H groups in total. The Balaban J connectivity index is 3.41. The summed E-state index contributed by atoms with van der Waals surface area (Å²) in [6, 6.07) is 2.08. The number of aryl methyl sites for hydroxylation is 2.